The Hall–Kier alpha value is -1.59. The number of carboxylic acids is 1. The molecule has 1 saturated carbocycles. The maximum atomic E-state index is 11.9. The molecular weight excluding hydrogens is 272 g/mol. The lowest BCUT2D eigenvalue weighted by Gasteiger charge is -2.22. The van der Waals surface area contributed by atoms with Crippen molar-refractivity contribution < 1.29 is 19.5 Å². The lowest BCUT2D eigenvalue weighted by Crippen LogP contribution is -2.42. The van der Waals surface area contributed by atoms with Crippen molar-refractivity contribution in [2.24, 2.45) is 5.92 Å². The first-order chi connectivity index (χ1) is 9.91. The van der Waals surface area contributed by atoms with E-state index >= 15 is 0 Å². The largest absolute Gasteiger partial charge is 0.481 e. The molecule has 0 radical (unpaired) electrons. The molecular formula is C15H26N2O4. The molecule has 1 rings (SSSR count). The molecule has 0 heterocycles. The maximum Gasteiger partial charge on any atom is 0.308 e. The Morgan fingerprint density at radius 1 is 1.10 bits per heavy atom. The van der Waals surface area contributed by atoms with E-state index in [-0.39, 0.29) is 24.3 Å². The Bertz CT molecular complexity index is 382. The molecule has 0 spiro atoms. The van der Waals surface area contributed by atoms with Crippen molar-refractivity contribution in [1.82, 2.24) is 10.2 Å². The van der Waals surface area contributed by atoms with E-state index in [1.54, 1.807) is 14.1 Å². The highest BCUT2D eigenvalue weighted by Crippen LogP contribution is 2.24. The zero-order valence-electron chi connectivity index (χ0n) is 12.9. The second-order valence-electron chi connectivity index (χ2n) is 5.90. The summed E-state index contributed by atoms with van der Waals surface area (Å²) in [6, 6.07) is -0.276. The Kier molecular flexibility index (Phi) is 7.19. The van der Waals surface area contributed by atoms with E-state index in [9.17, 15) is 19.5 Å². The standard InChI is InChI=1S/C15H26N2O4/c1-17(2)14(19)10-6-9-13(18)16-12-8-5-3-4-7-11(12)15(20)21/h11-12H,3-10H2,1-2H3,(H,16,18)(H,20,21)/t11-,12+/m1/s1. The number of aliphatic carboxylic acids is 1. The average Bonchev–Trinajstić information content (AvgIpc) is 2.63. The molecule has 2 amide bonds. The SMILES string of the molecule is CN(C)C(=O)CCCC(=O)N[C@H]1CCCCC[C@H]1C(=O)O. The zero-order chi connectivity index (χ0) is 15.8. The summed E-state index contributed by atoms with van der Waals surface area (Å²) in [4.78, 5) is 36.1. The summed E-state index contributed by atoms with van der Waals surface area (Å²) in [5.41, 5.74) is 0. The van der Waals surface area contributed by atoms with E-state index in [1.807, 2.05) is 0 Å². The molecule has 2 atom stereocenters. The molecule has 0 bridgehead atoms. The normalized spacial score (nSPS) is 22.2. The molecule has 0 aliphatic heterocycles. The van der Waals surface area contributed by atoms with Gasteiger partial charge in [0.2, 0.25) is 11.8 Å². The summed E-state index contributed by atoms with van der Waals surface area (Å²) >= 11 is 0. The predicted molar refractivity (Wildman–Crippen MR) is 78.7 cm³/mol. The fourth-order valence-corrected chi connectivity index (χ4v) is 2.68. The molecule has 0 saturated heterocycles. The second kappa shape index (κ2) is 8.64. The van der Waals surface area contributed by atoms with Crippen LogP contribution in [0.2, 0.25) is 0 Å². The van der Waals surface area contributed by atoms with Gasteiger partial charge in [-0.3, -0.25) is 14.4 Å². The molecule has 1 fully saturated rings. The smallest absolute Gasteiger partial charge is 0.308 e. The molecule has 0 aromatic heterocycles. The first-order valence-corrected chi connectivity index (χ1v) is 7.64. The van der Waals surface area contributed by atoms with Gasteiger partial charge in [-0.25, -0.2) is 0 Å². The van der Waals surface area contributed by atoms with Crippen LogP contribution < -0.4 is 5.32 Å². The monoisotopic (exact) mass is 298 g/mol. The lowest BCUT2D eigenvalue weighted by molar-refractivity contribution is -0.143. The number of hydrogen-bond donors (Lipinski definition) is 2. The van der Waals surface area contributed by atoms with E-state index in [0.29, 0.717) is 19.3 Å². The van der Waals surface area contributed by atoms with Crippen LogP contribution in [0.4, 0.5) is 0 Å². The Morgan fingerprint density at radius 3 is 2.38 bits per heavy atom. The van der Waals surface area contributed by atoms with E-state index in [2.05, 4.69) is 5.32 Å². The number of hydrogen-bond acceptors (Lipinski definition) is 3. The van der Waals surface area contributed by atoms with Crippen LogP contribution in [-0.2, 0) is 14.4 Å². The summed E-state index contributed by atoms with van der Waals surface area (Å²) in [6.07, 6.45) is 5.32. The van der Waals surface area contributed by atoms with Crippen molar-refractivity contribution in [2.75, 3.05) is 14.1 Å². The van der Waals surface area contributed by atoms with Crippen LogP contribution in [-0.4, -0.2) is 47.9 Å². The first-order valence-electron chi connectivity index (χ1n) is 7.64. The van der Waals surface area contributed by atoms with Gasteiger partial charge in [0, 0.05) is 33.0 Å². The average molecular weight is 298 g/mol. The molecule has 1 aliphatic carbocycles. The Balaban J connectivity index is 2.40. The molecule has 6 nitrogen and oxygen atoms in total. The highest BCUT2D eigenvalue weighted by molar-refractivity contribution is 5.79. The van der Waals surface area contributed by atoms with Crippen molar-refractivity contribution in [1.29, 1.82) is 0 Å². The van der Waals surface area contributed by atoms with Crippen molar-refractivity contribution in [2.45, 2.75) is 57.4 Å². The number of carboxylic acid groups (broad SMARTS) is 1. The third-order valence-electron chi connectivity index (χ3n) is 3.97. The summed E-state index contributed by atoms with van der Waals surface area (Å²) in [5.74, 6) is -1.47. The van der Waals surface area contributed by atoms with Gasteiger partial charge in [0.15, 0.2) is 0 Å². The third-order valence-corrected chi connectivity index (χ3v) is 3.97. The van der Waals surface area contributed by atoms with E-state index in [1.165, 1.54) is 4.90 Å². The fraction of sp³-hybridized carbons (Fsp3) is 0.800. The van der Waals surface area contributed by atoms with Crippen molar-refractivity contribution in [3.05, 3.63) is 0 Å². The number of nitrogens with one attached hydrogen (secondary N) is 1. The van der Waals surface area contributed by atoms with Gasteiger partial charge in [-0.1, -0.05) is 19.3 Å². The summed E-state index contributed by atoms with van der Waals surface area (Å²) in [7, 11) is 3.37. The fourth-order valence-electron chi connectivity index (χ4n) is 2.68. The molecule has 21 heavy (non-hydrogen) atoms. The molecule has 0 unspecified atom stereocenters. The van der Waals surface area contributed by atoms with Gasteiger partial charge in [-0.05, 0) is 19.3 Å². The predicted octanol–water partition coefficient (Wildman–Crippen LogP) is 1.39. The highest BCUT2D eigenvalue weighted by Gasteiger charge is 2.30. The van der Waals surface area contributed by atoms with Gasteiger partial charge < -0.3 is 15.3 Å². The first kappa shape index (κ1) is 17.5. The summed E-state index contributed by atoms with van der Waals surface area (Å²) < 4.78 is 0. The number of carbonyl (C=O) groups is 3. The topological polar surface area (TPSA) is 86.7 Å². The number of amides is 2. The van der Waals surface area contributed by atoms with Crippen molar-refractivity contribution in [3.8, 4) is 0 Å². The van der Waals surface area contributed by atoms with Gasteiger partial charge in [0.25, 0.3) is 0 Å². The van der Waals surface area contributed by atoms with Crippen molar-refractivity contribution >= 4 is 17.8 Å². The highest BCUT2D eigenvalue weighted by atomic mass is 16.4. The van der Waals surface area contributed by atoms with Crippen LogP contribution >= 0.6 is 0 Å². The summed E-state index contributed by atoms with van der Waals surface area (Å²) in [5, 5.41) is 12.1. The Labute approximate surface area is 125 Å². The van der Waals surface area contributed by atoms with Gasteiger partial charge in [0.05, 0.1) is 5.92 Å². The van der Waals surface area contributed by atoms with Crippen LogP contribution in [0.5, 0.6) is 0 Å². The minimum absolute atomic E-state index is 0.000629. The van der Waals surface area contributed by atoms with Crippen LogP contribution in [0.15, 0.2) is 0 Å². The third kappa shape index (κ3) is 6.14. The van der Waals surface area contributed by atoms with Crippen LogP contribution in [0.25, 0.3) is 0 Å². The van der Waals surface area contributed by atoms with Crippen LogP contribution in [0.3, 0.4) is 0 Å². The quantitative estimate of drug-likeness (QED) is 0.726. The van der Waals surface area contributed by atoms with E-state index in [4.69, 9.17) is 0 Å². The van der Waals surface area contributed by atoms with Crippen molar-refractivity contribution in [3.63, 3.8) is 0 Å². The molecule has 2 N–H and O–H groups in total. The van der Waals surface area contributed by atoms with Gasteiger partial charge in [-0.15, -0.1) is 0 Å². The van der Waals surface area contributed by atoms with Gasteiger partial charge >= 0.3 is 5.97 Å². The Morgan fingerprint density at radius 2 is 1.76 bits per heavy atom. The van der Waals surface area contributed by atoms with E-state index < -0.39 is 11.9 Å². The van der Waals surface area contributed by atoms with Gasteiger partial charge in [0.1, 0.15) is 0 Å². The van der Waals surface area contributed by atoms with Gasteiger partial charge in [-0.2, -0.15) is 0 Å². The minimum Gasteiger partial charge on any atom is -0.481 e. The maximum absolute atomic E-state index is 11.9. The molecule has 120 valence electrons. The molecule has 1 aliphatic rings. The summed E-state index contributed by atoms with van der Waals surface area (Å²) in [6.45, 7) is 0. The lowest BCUT2D eigenvalue weighted by atomic mass is 9.94. The van der Waals surface area contributed by atoms with E-state index in [0.717, 1.165) is 25.7 Å². The number of carbonyl (C=O) groups excluding carboxylic acids is 2. The van der Waals surface area contributed by atoms with Crippen LogP contribution in [0, 0.1) is 5.92 Å². The molecule has 0 aromatic carbocycles. The number of nitrogens with zero attached hydrogens (tertiary/aromatic N) is 1. The van der Waals surface area contributed by atoms with Crippen LogP contribution in [0.1, 0.15) is 51.4 Å². The molecule has 0 aromatic rings. The zero-order valence-corrected chi connectivity index (χ0v) is 12.9. The number of rotatable bonds is 6. The molecule has 6 heteroatoms. The minimum atomic E-state index is -0.829. The second-order valence-corrected chi connectivity index (χ2v) is 5.90.